The molecule has 0 aromatic heterocycles. The smallest absolute Gasteiger partial charge is 0.200 e. The molecule has 0 fully saturated rings. The van der Waals surface area contributed by atoms with Gasteiger partial charge in [0.25, 0.3) is 0 Å². The molecule has 3 rings (SSSR count). The first-order chi connectivity index (χ1) is 9.34. The maximum absolute atomic E-state index is 12.1. The Hall–Kier alpha value is -1.80. The molecule has 0 amide bonds. The monoisotopic (exact) mass is 266 g/mol. The van der Waals surface area contributed by atoms with Crippen LogP contribution in [-0.4, -0.2) is 5.78 Å². The highest BCUT2D eigenvalue weighted by Crippen LogP contribution is 2.39. The van der Waals surface area contributed by atoms with Crippen molar-refractivity contribution in [1.82, 2.24) is 0 Å². The van der Waals surface area contributed by atoms with Crippen molar-refractivity contribution in [3.05, 3.63) is 76.7 Å². The molecule has 1 aliphatic heterocycles. The number of aryl methyl sites for hydroxylation is 1. The second-order valence-electron chi connectivity index (χ2n) is 4.52. The number of hydrogen-bond donors (Lipinski definition) is 0. The third-order valence-electron chi connectivity index (χ3n) is 3.18. The quantitative estimate of drug-likeness (QED) is 0.761. The molecule has 1 heterocycles. The van der Waals surface area contributed by atoms with Crippen molar-refractivity contribution in [3.8, 4) is 0 Å². The van der Waals surface area contributed by atoms with Crippen molar-refractivity contribution >= 4 is 17.5 Å². The van der Waals surface area contributed by atoms with Crippen molar-refractivity contribution in [2.45, 2.75) is 17.7 Å². The predicted octanol–water partition coefficient (Wildman–Crippen LogP) is 4.49. The van der Waals surface area contributed by atoms with Crippen molar-refractivity contribution in [2.75, 3.05) is 0 Å². The highest BCUT2D eigenvalue weighted by Gasteiger charge is 2.24. The van der Waals surface area contributed by atoms with E-state index < -0.39 is 0 Å². The Morgan fingerprint density at radius 1 is 0.947 bits per heavy atom. The van der Waals surface area contributed by atoms with Crippen LogP contribution in [0, 0.1) is 0 Å². The zero-order valence-electron chi connectivity index (χ0n) is 10.5. The van der Waals surface area contributed by atoms with Crippen molar-refractivity contribution in [3.63, 3.8) is 0 Å². The Bertz CT molecular complexity index is 629. The molecule has 2 heteroatoms. The van der Waals surface area contributed by atoms with Gasteiger partial charge in [0.1, 0.15) is 0 Å². The molecule has 0 unspecified atom stereocenters. The van der Waals surface area contributed by atoms with E-state index in [4.69, 9.17) is 0 Å². The lowest BCUT2D eigenvalue weighted by molar-refractivity contribution is 0.104. The van der Waals surface area contributed by atoms with Crippen LogP contribution in [0.2, 0.25) is 0 Å². The van der Waals surface area contributed by atoms with Gasteiger partial charge in [-0.05, 0) is 30.5 Å². The highest BCUT2D eigenvalue weighted by atomic mass is 32.2. The Morgan fingerprint density at radius 3 is 2.47 bits per heavy atom. The van der Waals surface area contributed by atoms with Gasteiger partial charge in [-0.25, -0.2) is 0 Å². The zero-order valence-corrected chi connectivity index (χ0v) is 11.3. The summed E-state index contributed by atoms with van der Waals surface area (Å²) >= 11 is 1.59. The third-order valence-corrected chi connectivity index (χ3v) is 4.33. The van der Waals surface area contributed by atoms with E-state index in [1.54, 1.807) is 11.8 Å². The normalized spacial score (nSPS) is 15.8. The van der Waals surface area contributed by atoms with Crippen LogP contribution in [0.3, 0.4) is 0 Å². The minimum Gasteiger partial charge on any atom is -0.288 e. The summed E-state index contributed by atoms with van der Waals surface area (Å²) in [6, 6.07) is 18.2. The van der Waals surface area contributed by atoms with E-state index in [-0.39, 0.29) is 5.78 Å². The zero-order chi connectivity index (χ0) is 13.1. The molecule has 19 heavy (non-hydrogen) atoms. The molecule has 2 aromatic carbocycles. The maximum atomic E-state index is 12.1. The van der Waals surface area contributed by atoms with E-state index in [1.807, 2.05) is 42.5 Å². The molecule has 1 nitrogen and oxygen atoms in total. The summed E-state index contributed by atoms with van der Waals surface area (Å²) in [7, 11) is 0. The third kappa shape index (κ3) is 2.64. The summed E-state index contributed by atoms with van der Waals surface area (Å²) in [6.45, 7) is 0. The molecule has 0 radical (unpaired) electrons. The number of carbonyl (C=O) groups is 1. The molecular formula is C17H14OS. The van der Waals surface area contributed by atoms with Gasteiger partial charge in [0.2, 0.25) is 5.78 Å². The first-order valence-electron chi connectivity index (χ1n) is 6.40. The van der Waals surface area contributed by atoms with E-state index >= 15 is 0 Å². The molecule has 0 saturated heterocycles. The van der Waals surface area contributed by atoms with E-state index in [0.717, 1.165) is 28.2 Å². The highest BCUT2D eigenvalue weighted by molar-refractivity contribution is 8.04. The van der Waals surface area contributed by atoms with Gasteiger partial charge in [-0.3, -0.25) is 4.79 Å². The molecule has 2 aromatic rings. The van der Waals surface area contributed by atoms with Gasteiger partial charge in [-0.2, -0.15) is 0 Å². The van der Waals surface area contributed by atoms with E-state index in [9.17, 15) is 4.79 Å². The lowest BCUT2D eigenvalue weighted by Crippen LogP contribution is -1.94. The number of hydrogen-bond acceptors (Lipinski definition) is 2. The SMILES string of the molecule is O=C1/C(=C\CCc2ccccc2)Sc2ccccc21. The van der Waals surface area contributed by atoms with Crippen LogP contribution in [0.25, 0.3) is 0 Å². The van der Waals surface area contributed by atoms with Crippen molar-refractivity contribution < 1.29 is 4.79 Å². The second kappa shape index (κ2) is 5.45. The lowest BCUT2D eigenvalue weighted by atomic mass is 10.1. The fraction of sp³-hybridized carbons (Fsp3) is 0.118. The molecule has 0 spiro atoms. The van der Waals surface area contributed by atoms with E-state index in [1.165, 1.54) is 5.56 Å². The maximum Gasteiger partial charge on any atom is 0.200 e. The number of benzene rings is 2. The fourth-order valence-corrected chi connectivity index (χ4v) is 3.25. The minimum absolute atomic E-state index is 0.175. The average Bonchev–Trinajstić information content (AvgIpc) is 2.78. The summed E-state index contributed by atoms with van der Waals surface area (Å²) in [4.78, 5) is 14.1. The van der Waals surface area contributed by atoms with Crippen molar-refractivity contribution in [1.29, 1.82) is 0 Å². The number of fused-ring (bicyclic) bond motifs is 1. The van der Waals surface area contributed by atoms with Crippen LogP contribution in [0.15, 0.2) is 70.5 Å². The van der Waals surface area contributed by atoms with Gasteiger partial charge in [0, 0.05) is 10.5 Å². The standard InChI is InChI=1S/C17H14OS/c18-17-14-10-4-5-11-15(14)19-16(17)12-6-9-13-7-2-1-3-8-13/h1-5,7-8,10-12H,6,9H2/b16-12+. The molecule has 1 aliphatic rings. The van der Waals surface area contributed by atoms with Gasteiger partial charge in [-0.1, -0.05) is 60.3 Å². The van der Waals surface area contributed by atoms with Gasteiger partial charge in [0.05, 0.1) is 4.91 Å². The van der Waals surface area contributed by atoms with Gasteiger partial charge < -0.3 is 0 Å². The second-order valence-corrected chi connectivity index (χ2v) is 5.60. The first kappa shape index (κ1) is 12.2. The Kier molecular flexibility index (Phi) is 3.51. The molecular weight excluding hydrogens is 252 g/mol. The summed E-state index contributed by atoms with van der Waals surface area (Å²) in [5.41, 5.74) is 2.16. The van der Waals surface area contributed by atoms with Crippen LogP contribution in [0.1, 0.15) is 22.3 Å². The van der Waals surface area contributed by atoms with Crippen LogP contribution in [0.4, 0.5) is 0 Å². The lowest BCUT2D eigenvalue weighted by Gasteiger charge is -1.98. The summed E-state index contributed by atoms with van der Waals surface area (Å²) < 4.78 is 0. The van der Waals surface area contributed by atoms with E-state index in [2.05, 4.69) is 18.2 Å². The van der Waals surface area contributed by atoms with E-state index in [0.29, 0.717) is 0 Å². The molecule has 0 bridgehead atoms. The van der Waals surface area contributed by atoms with Crippen LogP contribution in [0.5, 0.6) is 0 Å². The number of thioether (sulfide) groups is 1. The number of Topliss-reactive ketones (excluding diaryl/α,β-unsaturated/α-hetero) is 1. The van der Waals surface area contributed by atoms with Gasteiger partial charge in [-0.15, -0.1) is 0 Å². The predicted molar refractivity (Wildman–Crippen MR) is 79.5 cm³/mol. The number of allylic oxidation sites excluding steroid dienone is 2. The first-order valence-corrected chi connectivity index (χ1v) is 7.22. The summed E-state index contributed by atoms with van der Waals surface area (Å²) in [5, 5.41) is 0. The molecule has 0 atom stereocenters. The molecule has 0 saturated carbocycles. The Morgan fingerprint density at radius 2 is 1.68 bits per heavy atom. The fourth-order valence-electron chi connectivity index (χ4n) is 2.19. The average molecular weight is 266 g/mol. The van der Waals surface area contributed by atoms with Crippen LogP contribution >= 0.6 is 11.8 Å². The number of rotatable bonds is 3. The summed E-state index contributed by atoms with van der Waals surface area (Å²) in [6.07, 6.45) is 3.96. The van der Waals surface area contributed by atoms with Crippen LogP contribution in [-0.2, 0) is 6.42 Å². The summed E-state index contributed by atoms with van der Waals surface area (Å²) in [5.74, 6) is 0.175. The molecule has 0 aliphatic carbocycles. The van der Waals surface area contributed by atoms with Gasteiger partial charge >= 0.3 is 0 Å². The largest absolute Gasteiger partial charge is 0.288 e. The van der Waals surface area contributed by atoms with Gasteiger partial charge in [0.15, 0.2) is 0 Å². The topological polar surface area (TPSA) is 17.1 Å². The van der Waals surface area contributed by atoms with Crippen LogP contribution < -0.4 is 0 Å². The molecule has 0 N–H and O–H groups in total. The Balaban J connectivity index is 1.69. The minimum atomic E-state index is 0.175. The number of carbonyl (C=O) groups excluding carboxylic acids is 1. The van der Waals surface area contributed by atoms with Crippen molar-refractivity contribution in [2.24, 2.45) is 0 Å². The number of ketones is 1. The Labute approximate surface area is 117 Å². The molecule has 94 valence electrons.